The van der Waals surface area contributed by atoms with Gasteiger partial charge in [-0.15, -0.1) is 0 Å². The summed E-state index contributed by atoms with van der Waals surface area (Å²) in [6, 6.07) is 3.70. The number of sulfonamides is 1. The lowest BCUT2D eigenvalue weighted by molar-refractivity contribution is -0.384. The van der Waals surface area contributed by atoms with Gasteiger partial charge >= 0.3 is 0 Å². The maximum absolute atomic E-state index is 12.3. The summed E-state index contributed by atoms with van der Waals surface area (Å²) in [6.07, 6.45) is 2.71. The Morgan fingerprint density at radius 1 is 1.24 bits per heavy atom. The number of anilines is 1. The van der Waals surface area contributed by atoms with Gasteiger partial charge in [-0.1, -0.05) is 19.8 Å². The summed E-state index contributed by atoms with van der Waals surface area (Å²) >= 11 is 0. The Balaban J connectivity index is 3.01. The number of rotatable bonds is 9. The van der Waals surface area contributed by atoms with Crippen molar-refractivity contribution in [2.45, 2.75) is 38.0 Å². The molecule has 8 heteroatoms. The number of unbranched alkanes of at least 4 members (excludes halogenated alkanes) is 2. The highest BCUT2D eigenvalue weighted by Crippen LogP contribution is 2.26. The summed E-state index contributed by atoms with van der Waals surface area (Å²) in [4.78, 5) is 10.3. The van der Waals surface area contributed by atoms with E-state index in [0.29, 0.717) is 13.1 Å². The topological polar surface area (TPSA) is 101 Å². The maximum atomic E-state index is 12.3. The van der Waals surface area contributed by atoms with Crippen molar-refractivity contribution in [3.63, 3.8) is 0 Å². The molecule has 0 aliphatic carbocycles. The van der Waals surface area contributed by atoms with Crippen LogP contribution in [0.4, 0.5) is 11.4 Å². The zero-order valence-electron chi connectivity index (χ0n) is 12.3. The first-order valence-electron chi connectivity index (χ1n) is 6.94. The minimum absolute atomic E-state index is 0.0337. The van der Waals surface area contributed by atoms with Crippen LogP contribution in [0, 0.1) is 10.1 Å². The molecule has 0 aliphatic heterocycles. The molecule has 2 N–H and O–H groups in total. The standard InChI is InChI=1S/C13H21N3O4S/c1-3-5-6-9-15-21(19,20)13-8-7-11(16(17)18)10-12(13)14-4-2/h7-8,10,14-15H,3-6,9H2,1-2H3. The predicted molar refractivity (Wildman–Crippen MR) is 82.0 cm³/mol. The average Bonchev–Trinajstić information content (AvgIpc) is 2.43. The summed E-state index contributed by atoms with van der Waals surface area (Å²) in [5.41, 5.74) is 0.102. The van der Waals surface area contributed by atoms with Gasteiger partial charge in [-0.25, -0.2) is 13.1 Å². The van der Waals surface area contributed by atoms with Crippen LogP contribution >= 0.6 is 0 Å². The fourth-order valence-electron chi connectivity index (χ4n) is 1.85. The van der Waals surface area contributed by atoms with E-state index in [0.717, 1.165) is 19.3 Å². The highest BCUT2D eigenvalue weighted by atomic mass is 32.2. The van der Waals surface area contributed by atoms with Crippen molar-refractivity contribution in [1.82, 2.24) is 4.72 Å². The van der Waals surface area contributed by atoms with Crippen LogP contribution < -0.4 is 10.0 Å². The molecule has 21 heavy (non-hydrogen) atoms. The van der Waals surface area contributed by atoms with Crippen LogP contribution in [0.25, 0.3) is 0 Å². The van der Waals surface area contributed by atoms with Crippen LogP contribution in [0.1, 0.15) is 33.1 Å². The maximum Gasteiger partial charge on any atom is 0.271 e. The number of nitro groups is 1. The lowest BCUT2D eigenvalue weighted by atomic mass is 10.3. The van der Waals surface area contributed by atoms with Crippen LogP contribution in [0.5, 0.6) is 0 Å². The molecule has 0 saturated heterocycles. The number of nitrogens with zero attached hydrogens (tertiary/aromatic N) is 1. The molecule has 7 nitrogen and oxygen atoms in total. The molecule has 0 atom stereocenters. The molecule has 0 radical (unpaired) electrons. The molecular formula is C13H21N3O4S. The molecule has 118 valence electrons. The van der Waals surface area contributed by atoms with Crippen molar-refractivity contribution < 1.29 is 13.3 Å². The second-order valence-electron chi connectivity index (χ2n) is 4.57. The smallest absolute Gasteiger partial charge is 0.271 e. The average molecular weight is 315 g/mol. The number of benzene rings is 1. The normalized spacial score (nSPS) is 11.3. The summed E-state index contributed by atoms with van der Waals surface area (Å²) in [7, 11) is -3.67. The fourth-order valence-corrected chi connectivity index (χ4v) is 3.09. The Kier molecular flexibility index (Phi) is 6.57. The van der Waals surface area contributed by atoms with Crippen LogP contribution in [-0.4, -0.2) is 26.4 Å². The molecule has 0 bridgehead atoms. The molecular weight excluding hydrogens is 294 g/mol. The third-order valence-corrected chi connectivity index (χ3v) is 4.42. The molecule has 0 saturated carbocycles. The Labute approximate surface area is 124 Å². The van der Waals surface area contributed by atoms with Crippen molar-refractivity contribution in [3.05, 3.63) is 28.3 Å². The summed E-state index contributed by atoms with van der Waals surface area (Å²) in [5.74, 6) is 0. The van der Waals surface area contributed by atoms with Gasteiger partial charge in [0, 0.05) is 25.2 Å². The van der Waals surface area contributed by atoms with Crippen LogP contribution in [0.15, 0.2) is 23.1 Å². The van der Waals surface area contributed by atoms with Gasteiger partial charge in [0.15, 0.2) is 0 Å². The van der Waals surface area contributed by atoms with E-state index < -0.39 is 14.9 Å². The third-order valence-electron chi connectivity index (χ3n) is 2.90. The molecule has 1 aromatic carbocycles. The van der Waals surface area contributed by atoms with Gasteiger partial charge in [-0.2, -0.15) is 0 Å². The Bertz CT molecular complexity index is 587. The Hall–Kier alpha value is -1.67. The van der Waals surface area contributed by atoms with E-state index in [1.807, 2.05) is 6.92 Å². The van der Waals surface area contributed by atoms with Gasteiger partial charge in [0.1, 0.15) is 4.90 Å². The molecule has 1 aromatic rings. The first-order valence-corrected chi connectivity index (χ1v) is 8.42. The summed E-state index contributed by atoms with van der Waals surface area (Å²) in [6.45, 7) is 4.66. The summed E-state index contributed by atoms with van der Waals surface area (Å²) < 4.78 is 27.0. The van der Waals surface area contributed by atoms with Crippen molar-refractivity contribution >= 4 is 21.4 Å². The van der Waals surface area contributed by atoms with E-state index >= 15 is 0 Å². The number of nitro benzene ring substituents is 1. The van der Waals surface area contributed by atoms with E-state index in [2.05, 4.69) is 10.0 Å². The first kappa shape index (κ1) is 17.4. The number of non-ortho nitro benzene ring substituents is 1. The molecule has 1 rings (SSSR count). The summed E-state index contributed by atoms with van der Waals surface area (Å²) in [5, 5.41) is 13.6. The highest BCUT2D eigenvalue weighted by Gasteiger charge is 2.20. The van der Waals surface area contributed by atoms with Crippen molar-refractivity contribution in [2.75, 3.05) is 18.4 Å². The molecule has 0 fully saturated rings. The van der Waals surface area contributed by atoms with Gasteiger partial charge in [0.25, 0.3) is 5.69 Å². The van der Waals surface area contributed by atoms with Gasteiger partial charge in [0.2, 0.25) is 10.0 Å². The van der Waals surface area contributed by atoms with Gasteiger partial charge in [0.05, 0.1) is 10.6 Å². The second kappa shape index (κ2) is 7.94. The SMILES string of the molecule is CCCCCNS(=O)(=O)c1ccc([N+](=O)[O-])cc1NCC. The zero-order chi connectivity index (χ0) is 15.9. The van der Waals surface area contributed by atoms with Crippen molar-refractivity contribution in [2.24, 2.45) is 0 Å². The van der Waals surface area contributed by atoms with Gasteiger partial charge in [-0.05, 0) is 19.4 Å². The van der Waals surface area contributed by atoms with E-state index in [1.54, 1.807) is 6.92 Å². The third kappa shape index (κ3) is 4.98. The minimum atomic E-state index is -3.67. The van der Waals surface area contributed by atoms with E-state index in [9.17, 15) is 18.5 Å². The van der Waals surface area contributed by atoms with Gasteiger partial charge < -0.3 is 5.32 Å². The number of hydrogen-bond donors (Lipinski definition) is 2. The van der Waals surface area contributed by atoms with Crippen LogP contribution in [-0.2, 0) is 10.0 Å². The van der Waals surface area contributed by atoms with Crippen molar-refractivity contribution in [1.29, 1.82) is 0 Å². The van der Waals surface area contributed by atoms with Gasteiger partial charge in [-0.3, -0.25) is 10.1 Å². The molecule has 0 heterocycles. The number of nitrogens with one attached hydrogen (secondary N) is 2. The molecule has 0 aliphatic rings. The molecule has 0 amide bonds. The molecule has 0 aromatic heterocycles. The predicted octanol–water partition coefficient (Wildman–Crippen LogP) is 2.50. The molecule has 0 unspecified atom stereocenters. The van der Waals surface area contributed by atoms with Crippen molar-refractivity contribution in [3.8, 4) is 0 Å². The largest absolute Gasteiger partial charge is 0.384 e. The van der Waals surface area contributed by atoms with E-state index in [1.165, 1.54) is 18.2 Å². The zero-order valence-corrected chi connectivity index (χ0v) is 13.1. The highest BCUT2D eigenvalue weighted by molar-refractivity contribution is 7.89. The monoisotopic (exact) mass is 315 g/mol. The Morgan fingerprint density at radius 3 is 2.52 bits per heavy atom. The Morgan fingerprint density at radius 2 is 1.95 bits per heavy atom. The lowest BCUT2D eigenvalue weighted by Crippen LogP contribution is -2.25. The van der Waals surface area contributed by atoms with E-state index in [-0.39, 0.29) is 16.3 Å². The fraction of sp³-hybridized carbons (Fsp3) is 0.538. The minimum Gasteiger partial charge on any atom is -0.384 e. The number of hydrogen-bond acceptors (Lipinski definition) is 5. The lowest BCUT2D eigenvalue weighted by Gasteiger charge is -2.12. The van der Waals surface area contributed by atoms with Crippen LogP contribution in [0.3, 0.4) is 0 Å². The quantitative estimate of drug-likeness (QED) is 0.414. The first-order chi connectivity index (χ1) is 9.92. The second-order valence-corrected chi connectivity index (χ2v) is 6.31. The molecule has 0 spiro atoms. The van der Waals surface area contributed by atoms with Crippen LogP contribution in [0.2, 0.25) is 0 Å². The van der Waals surface area contributed by atoms with E-state index in [4.69, 9.17) is 0 Å².